The van der Waals surface area contributed by atoms with Gasteiger partial charge in [0.15, 0.2) is 0 Å². The summed E-state index contributed by atoms with van der Waals surface area (Å²) in [6, 6.07) is 8.40. The van der Waals surface area contributed by atoms with E-state index in [1.54, 1.807) is 11.0 Å². The monoisotopic (exact) mass is 277 g/mol. The molecule has 1 aliphatic rings. The first kappa shape index (κ1) is 12.3. The number of hydrogen-bond acceptors (Lipinski definition) is 5. The molecule has 1 aromatic carbocycles. The Morgan fingerprint density at radius 1 is 1.21 bits per heavy atom. The van der Waals surface area contributed by atoms with Crippen LogP contribution in [0.5, 0.6) is 0 Å². The van der Waals surface area contributed by atoms with E-state index in [0.717, 1.165) is 35.7 Å². The SMILES string of the molecule is O=S1CCC(Nc2ccc(-n3cnnn3)cc2)CC1. The maximum absolute atomic E-state index is 11.3. The fraction of sp³-hybridized carbons (Fsp3) is 0.417. The Morgan fingerprint density at radius 2 is 1.95 bits per heavy atom. The molecule has 0 amide bonds. The molecule has 19 heavy (non-hydrogen) atoms. The molecule has 7 heteroatoms. The molecule has 0 bridgehead atoms. The number of anilines is 1. The lowest BCUT2D eigenvalue weighted by Crippen LogP contribution is -2.29. The normalized spacial score (nSPS) is 23.2. The van der Waals surface area contributed by atoms with E-state index < -0.39 is 10.8 Å². The molecule has 0 saturated carbocycles. The number of hydrogen-bond donors (Lipinski definition) is 1. The maximum atomic E-state index is 11.3. The molecule has 0 radical (unpaired) electrons. The van der Waals surface area contributed by atoms with Gasteiger partial charge in [-0.25, -0.2) is 4.68 Å². The van der Waals surface area contributed by atoms with Crippen molar-refractivity contribution in [1.82, 2.24) is 20.2 Å². The van der Waals surface area contributed by atoms with E-state index in [4.69, 9.17) is 0 Å². The highest BCUT2D eigenvalue weighted by Crippen LogP contribution is 2.17. The summed E-state index contributed by atoms with van der Waals surface area (Å²) >= 11 is 0. The van der Waals surface area contributed by atoms with Crippen molar-refractivity contribution in [2.24, 2.45) is 0 Å². The van der Waals surface area contributed by atoms with Gasteiger partial charge in [-0.1, -0.05) is 0 Å². The van der Waals surface area contributed by atoms with E-state index in [9.17, 15) is 4.21 Å². The molecule has 0 aliphatic carbocycles. The van der Waals surface area contributed by atoms with Crippen molar-refractivity contribution in [1.29, 1.82) is 0 Å². The lowest BCUT2D eigenvalue weighted by Gasteiger charge is -2.23. The van der Waals surface area contributed by atoms with Crippen LogP contribution in [0, 0.1) is 0 Å². The third-order valence-corrected chi connectivity index (χ3v) is 4.62. The Bertz CT molecular complexity index is 544. The summed E-state index contributed by atoms with van der Waals surface area (Å²) < 4.78 is 12.9. The first-order chi connectivity index (χ1) is 9.31. The highest BCUT2D eigenvalue weighted by molar-refractivity contribution is 7.85. The van der Waals surface area contributed by atoms with Gasteiger partial charge in [-0.2, -0.15) is 0 Å². The van der Waals surface area contributed by atoms with Gasteiger partial charge >= 0.3 is 0 Å². The number of tetrazole rings is 1. The first-order valence-corrected chi connectivity index (χ1v) is 7.75. The Balaban J connectivity index is 1.65. The van der Waals surface area contributed by atoms with Crippen molar-refractivity contribution >= 4 is 16.5 Å². The first-order valence-electron chi connectivity index (χ1n) is 6.26. The van der Waals surface area contributed by atoms with Gasteiger partial charge in [0.25, 0.3) is 0 Å². The summed E-state index contributed by atoms with van der Waals surface area (Å²) in [7, 11) is -0.608. The molecule has 1 saturated heterocycles. The third kappa shape index (κ3) is 2.98. The fourth-order valence-corrected chi connectivity index (χ4v) is 3.46. The van der Waals surface area contributed by atoms with E-state index in [2.05, 4.69) is 20.8 Å². The largest absolute Gasteiger partial charge is 0.382 e. The molecule has 0 unspecified atom stereocenters. The van der Waals surface area contributed by atoms with Crippen LogP contribution in [0.4, 0.5) is 5.69 Å². The molecule has 1 aromatic heterocycles. The minimum atomic E-state index is -0.608. The van der Waals surface area contributed by atoms with Crippen molar-refractivity contribution in [2.45, 2.75) is 18.9 Å². The molecule has 1 N–H and O–H groups in total. The minimum Gasteiger partial charge on any atom is -0.382 e. The molecule has 2 heterocycles. The highest BCUT2D eigenvalue weighted by Gasteiger charge is 2.17. The lowest BCUT2D eigenvalue weighted by molar-refractivity contribution is 0.624. The van der Waals surface area contributed by atoms with Gasteiger partial charge in [0.1, 0.15) is 6.33 Å². The van der Waals surface area contributed by atoms with Gasteiger partial charge in [-0.15, -0.1) is 5.10 Å². The van der Waals surface area contributed by atoms with Crippen molar-refractivity contribution in [3.8, 4) is 5.69 Å². The number of nitrogens with zero attached hydrogens (tertiary/aromatic N) is 4. The van der Waals surface area contributed by atoms with Gasteiger partial charge in [0, 0.05) is 34.0 Å². The molecular formula is C12H15N5OS. The van der Waals surface area contributed by atoms with Crippen LogP contribution in [0.25, 0.3) is 5.69 Å². The molecular weight excluding hydrogens is 262 g/mol. The zero-order valence-corrected chi connectivity index (χ0v) is 11.2. The van der Waals surface area contributed by atoms with Gasteiger partial charge in [-0.3, -0.25) is 4.21 Å². The van der Waals surface area contributed by atoms with Crippen molar-refractivity contribution < 1.29 is 4.21 Å². The van der Waals surface area contributed by atoms with E-state index >= 15 is 0 Å². The number of rotatable bonds is 3. The maximum Gasteiger partial charge on any atom is 0.143 e. The smallest absolute Gasteiger partial charge is 0.143 e. The van der Waals surface area contributed by atoms with Crippen LogP contribution in [0.15, 0.2) is 30.6 Å². The van der Waals surface area contributed by atoms with E-state index in [0.29, 0.717) is 6.04 Å². The topological polar surface area (TPSA) is 72.7 Å². The predicted molar refractivity (Wildman–Crippen MR) is 73.7 cm³/mol. The fourth-order valence-electron chi connectivity index (χ4n) is 2.16. The molecule has 1 fully saturated rings. The van der Waals surface area contributed by atoms with Crippen molar-refractivity contribution in [3.05, 3.63) is 30.6 Å². The van der Waals surface area contributed by atoms with Crippen LogP contribution in [-0.4, -0.2) is 42.0 Å². The predicted octanol–water partition coefficient (Wildman–Crippen LogP) is 0.985. The Kier molecular flexibility index (Phi) is 3.54. The van der Waals surface area contributed by atoms with Crippen LogP contribution < -0.4 is 5.32 Å². The molecule has 1 aliphatic heterocycles. The number of aromatic nitrogens is 4. The second-order valence-electron chi connectivity index (χ2n) is 4.57. The zero-order chi connectivity index (χ0) is 13.1. The van der Waals surface area contributed by atoms with E-state index in [1.165, 1.54) is 0 Å². The molecule has 0 spiro atoms. The van der Waals surface area contributed by atoms with Gasteiger partial charge in [-0.05, 0) is 47.5 Å². The quantitative estimate of drug-likeness (QED) is 0.905. The average molecular weight is 277 g/mol. The van der Waals surface area contributed by atoms with Crippen LogP contribution in [0.2, 0.25) is 0 Å². The van der Waals surface area contributed by atoms with Gasteiger partial charge in [0.05, 0.1) is 5.69 Å². The van der Waals surface area contributed by atoms with Crippen molar-refractivity contribution in [3.63, 3.8) is 0 Å². The molecule has 0 atom stereocenters. The number of nitrogens with one attached hydrogen (secondary N) is 1. The van der Waals surface area contributed by atoms with E-state index in [-0.39, 0.29) is 0 Å². The lowest BCUT2D eigenvalue weighted by atomic mass is 10.1. The van der Waals surface area contributed by atoms with Crippen LogP contribution in [0.1, 0.15) is 12.8 Å². The number of benzene rings is 1. The summed E-state index contributed by atoms with van der Waals surface area (Å²) in [5.41, 5.74) is 2.01. The summed E-state index contributed by atoms with van der Waals surface area (Å²) in [5, 5.41) is 14.5. The summed E-state index contributed by atoms with van der Waals surface area (Å²) in [4.78, 5) is 0. The summed E-state index contributed by atoms with van der Waals surface area (Å²) in [6.07, 6.45) is 3.52. The molecule has 100 valence electrons. The second-order valence-corrected chi connectivity index (χ2v) is 6.26. The Labute approximate surface area is 113 Å². The second kappa shape index (κ2) is 5.48. The molecule has 6 nitrogen and oxygen atoms in total. The minimum absolute atomic E-state index is 0.427. The standard InChI is InChI=1S/C12H15N5OS/c18-19-7-5-11(6-8-19)14-10-1-3-12(4-2-10)17-9-13-15-16-17/h1-4,9,11,14H,5-8H2. The zero-order valence-electron chi connectivity index (χ0n) is 10.4. The van der Waals surface area contributed by atoms with Crippen molar-refractivity contribution in [2.75, 3.05) is 16.8 Å². The average Bonchev–Trinajstić information content (AvgIpc) is 2.96. The molecule has 2 aromatic rings. The van der Waals surface area contributed by atoms with E-state index in [1.807, 2.05) is 24.3 Å². The third-order valence-electron chi connectivity index (χ3n) is 3.24. The Hall–Kier alpha value is -1.76. The molecule has 3 rings (SSSR count). The summed E-state index contributed by atoms with van der Waals surface area (Å²) in [6.45, 7) is 0. The van der Waals surface area contributed by atoms with Gasteiger partial charge in [0.2, 0.25) is 0 Å². The van der Waals surface area contributed by atoms with Crippen LogP contribution in [0.3, 0.4) is 0 Å². The van der Waals surface area contributed by atoms with Crippen LogP contribution in [-0.2, 0) is 10.8 Å². The van der Waals surface area contributed by atoms with Crippen LogP contribution >= 0.6 is 0 Å². The highest BCUT2D eigenvalue weighted by atomic mass is 32.2. The Morgan fingerprint density at radius 3 is 2.58 bits per heavy atom. The summed E-state index contributed by atoms with van der Waals surface area (Å²) in [5.74, 6) is 1.61. The van der Waals surface area contributed by atoms with Gasteiger partial charge < -0.3 is 5.32 Å².